The first kappa shape index (κ1) is 16.1. The van der Waals surface area contributed by atoms with Crippen LogP contribution in [0.15, 0.2) is 82.0 Å². The lowest BCUT2D eigenvalue weighted by Crippen LogP contribution is -2.03. The minimum atomic E-state index is 0.612. The van der Waals surface area contributed by atoms with Crippen LogP contribution in [0, 0.1) is 0 Å². The number of aromatic nitrogens is 4. The smallest absolute Gasteiger partial charge is 0.224 e. The van der Waals surface area contributed by atoms with Crippen LogP contribution >= 0.6 is 31.9 Å². The van der Waals surface area contributed by atoms with Gasteiger partial charge >= 0.3 is 0 Å². The Bertz CT molecular complexity index is 909. The van der Waals surface area contributed by atoms with Gasteiger partial charge in [0.1, 0.15) is 0 Å². The third-order valence-corrected chi connectivity index (χ3v) is 4.62. The molecule has 0 amide bonds. The fourth-order valence-electron chi connectivity index (χ4n) is 2.40. The number of benzene rings is 2. The highest BCUT2D eigenvalue weighted by Gasteiger charge is 2.12. The molecular formula is C18H12Br2N4O. The van der Waals surface area contributed by atoms with Gasteiger partial charge in [-0.15, -0.1) is 0 Å². The molecule has 0 unspecified atom stereocenters. The molecule has 7 heteroatoms. The molecule has 0 aliphatic heterocycles. The Morgan fingerprint density at radius 2 is 1.00 bits per heavy atom. The van der Waals surface area contributed by atoms with Gasteiger partial charge in [-0.25, -0.2) is 9.36 Å². The zero-order valence-corrected chi connectivity index (χ0v) is 16.1. The fourth-order valence-corrected chi connectivity index (χ4v) is 2.93. The Morgan fingerprint density at radius 1 is 0.600 bits per heavy atom. The Balaban J connectivity index is 1.67. The first-order chi connectivity index (χ1) is 12.2. The van der Waals surface area contributed by atoms with Gasteiger partial charge < -0.3 is 4.74 Å². The second-order valence-corrected chi connectivity index (χ2v) is 7.05. The molecule has 0 aliphatic rings. The van der Waals surface area contributed by atoms with E-state index in [1.165, 1.54) is 0 Å². The first-order valence-corrected chi connectivity index (χ1v) is 9.07. The largest absolute Gasteiger partial charge is 0.420 e. The maximum absolute atomic E-state index is 6.07. The summed E-state index contributed by atoms with van der Waals surface area (Å²) in [5, 5.41) is 8.70. The van der Waals surface area contributed by atoms with Crippen molar-refractivity contribution in [2.45, 2.75) is 0 Å². The van der Waals surface area contributed by atoms with Gasteiger partial charge in [0.25, 0.3) is 0 Å². The van der Waals surface area contributed by atoms with Crippen LogP contribution in [-0.4, -0.2) is 19.6 Å². The molecule has 0 saturated heterocycles. The van der Waals surface area contributed by atoms with Crippen molar-refractivity contribution in [2.24, 2.45) is 0 Å². The SMILES string of the molecule is Brc1ccc(-n2nccc2Oc2ccnn2-c2ccc(Br)cc2)cc1. The molecule has 0 N–H and O–H groups in total. The lowest BCUT2D eigenvalue weighted by Gasteiger charge is -2.11. The van der Waals surface area contributed by atoms with Crippen LogP contribution in [0.25, 0.3) is 11.4 Å². The molecule has 2 aromatic heterocycles. The summed E-state index contributed by atoms with van der Waals surface area (Å²) < 4.78 is 11.6. The second-order valence-electron chi connectivity index (χ2n) is 5.22. The summed E-state index contributed by atoms with van der Waals surface area (Å²) in [7, 11) is 0. The number of nitrogens with zero attached hydrogens (tertiary/aromatic N) is 4. The molecule has 0 fully saturated rings. The molecule has 2 heterocycles. The van der Waals surface area contributed by atoms with E-state index < -0.39 is 0 Å². The molecule has 0 saturated carbocycles. The van der Waals surface area contributed by atoms with E-state index in [1.807, 2.05) is 60.7 Å². The Morgan fingerprint density at radius 3 is 1.40 bits per heavy atom. The molecule has 25 heavy (non-hydrogen) atoms. The molecule has 2 aromatic carbocycles. The van der Waals surface area contributed by atoms with Gasteiger partial charge in [-0.2, -0.15) is 10.2 Å². The van der Waals surface area contributed by atoms with Crippen molar-refractivity contribution in [1.82, 2.24) is 19.6 Å². The first-order valence-electron chi connectivity index (χ1n) is 7.48. The average molecular weight is 460 g/mol. The van der Waals surface area contributed by atoms with Crippen molar-refractivity contribution in [3.8, 4) is 23.1 Å². The lowest BCUT2D eigenvalue weighted by atomic mass is 10.3. The summed E-state index contributed by atoms with van der Waals surface area (Å²) in [5.74, 6) is 1.22. The van der Waals surface area contributed by atoms with Gasteiger partial charge in [0, 0.05) is 21.1 Å². The van der Waals surface area contributed by atoms with E-state index in [4.69, 9.17) is 4.74 Å². The van der Waals surface area contributed by atoms with E-state index in [9.17, 15) is 0 Å². The predicted octanol–water partition coefficient (Wildman–Crippen LogP) is 5.38. The molecular weight excluding hydrogens is 448 g/mol. The zero-order chi connectivity index (χ0) is 17.2. The summed E-state index contributed by atoms with van der Waals surface area (Å²) in [5.41, 5.74) is 1.83. The Kier molecular flexibility index (Phi) is 4.42. The molecule has 0 atom stereocenters. The minimum absolute atomic E-state index is 0.612. The highest BCUT2D eigenvalue weighted by Crippen LogP contribution is 2.26. The standard InChI is InChI=1S/C18H12Br2N4O/c19-13-1-5-15(6-2-13)23-17(9-11-21-23)25-18-10-12-22-24(18)16-7-3-14(20)4-8-16/h1-12H. The molecule has 0 spiro atoms. The number of halogens is 2. The summed E-state index contributed by atoms with van der Waals surface area (Å²) in [6.07, 6.45) is 3.41. The van der Waals surface area contributed by atoms with Crippen molar-refractivity contribution >= 4 is 31.9 Å². The molecule has 4 rings (SSSR count). The third kappa shape index (κ3) is 3.38. The second kappa shape index (κ2) is 6.85. The minimum Gasteiger partial charge on any atom is -0.420 e. The Hall–Kier alpha value is -2.38. The number of ether oxygens (including phenoxy) is 1. The maximum atomic E-state index is 6.07. The van der Waals surface area contributed by atoms with Gasteiger partial charge in [0.05, 0.1) is 23.8 Å². The quantitative estimate of drug-likeness (QED) is 0.411. The highest BCUT2D eigenvalue weighted by molar-refractivity contribution is 9.10. The molecule has 0 bridgehead atoms. The van der Waals surface area contributed by atoms with Crippen LogP contribution in [0.1, 0.15) is 0 Å². The number of rotatable bonds is 4. The summed E-state index contributed by atoms with van der Waals surface area (Å²) in [6, 6.07) is 19.4. The van der Waals surface area contributed by atoms with Crippen molar-refractivity contribution in [3.05, 3.63) is 82.0 Å². The third-order valence-electron chi connectivity index (χ3n) is 3.57. The van der Waals surface area contributed by atoms with Gasteiger partial charge in [-0.3, -0.25) is 0 Å². The van der Waals surface area contributed by atoms with Crippen molar-refractivity contribution in [1.29, 1.82) is 0 Å². The van der Waals surface area contributed by atoms with Crippen LogP contribution in [0.5, 0.6) is 11.8 Å². The van der Waals surface area contributed by atoms with Gasteiger partial charge in [0.2, 0.25) is 11.8 Å². The van der Waals surface area contributed by atoms with Gasteiger partial charge in [-0.1, -0.05) is 31.9 Å². The number of hydrogen-bond donors (Lipinski definition) is 0. The summed E-state index contributed by atoms with van der Waals surface area (Å²) >= 11 is 6.88. The maximum Gasteiger partial charge on any atom is 0.224 e. The van der Waals surface area contributed by atoms with E-state index >= 15 is 0 Å². The molecule has 5 nitrogen and oxygen atoms in total. The fraction of sp³-hybridized carbons (Fsp3) is 0. The summed E-state index contributed by atoms with van der Waals surface area (Å²) in [4.78, 5) is 0. The average Bonchev–Trinajstić information content (AvgIpc) is 3.26. The predicted molar refractivity (Wildman–Crippen MR) is 103 cm³/mol. The molecule has 0 radical (unpaired) electrons. The van der Waals surface area contributed by atoms with Crippen LogP contribution in [0.2, 0.25) is 0 Å². The van der Waals surface area contributed by atoms with Crippen LogP contribution in [0.4, 0.5) is 0 Å². The van der Waals surface area contributed by atoms with E-state index in [0.29, 0.717) is 11.8 Å². The van der Waals surface area contributed by atoms with E-state index in [-0.39, 0.29) is 0 Å². The van der Waals surface area contributed by atoms with E-state index in [2.05, 4.69) is 42.1 Å². The highest BCUT2D eigenvalue weighted by atomic mass is 79.9. The van der Waals surface area contributed by atoms with Crippen LogP contribution < -0.4 is 4.74 Å². The number of hydrogen-bond acceptors (Lipinski definition) is 3. The van der Waals surface area contributed by atoms with Crippen molar-refractivity contribution < 1.29 is 4.74 Å². The topological polar surface area (TPSA) is 44.9 Å². The van der Waals surface area contributed by atoms with E-state index in [1.54, 1.807) is 21.8 Å². The van der Waals surface area contributed by atoms with Crippen LogP contribution in [0.3, 0.4) is 0 Å². The summed E-state index contributed by atoms with van der Waals surface area (Å²) in [6.45, 7) is 0. The van der Waals surface area contributed by atoms with Gasteiger partial charge in [-0.05, 0) is 48.5 Å². The van der Waals surface area contributed by atoms with E-state index in [0.717, 1.165) is 20.3 Å². The Labute approximate surface area is 161 Å². The normalized spacial score (nSPS) is 10.8. The molecule has 124 valence electrons. The zero-order valence-electron chi connectivity index (χ0n) is 12.9. The lowest BCUT2D eigenvalue weighted by molar-refractivity contribution is 0.413. The van der Waals surface area contributed by atoms with Crippen LogP contribution in [-0.2, 0) is 0 Å². The van der Waals surface area contributed by atoms with Crippen molar-refractivity contribution in [3.63, 3.8) is 0 Å². The monoisotopic (exact) mass is 458 g/mol. The molecule has 0 aliphatic carbocycles. The molecule has 4 aromatic rings. The van der Waals surface area contributed by atoms with Crippen molar-refractivity contribution in [2.75, 3.05) is 0 Å². The van der Waals surface area contributed by atoms with Gasteiger partial charge in [0.15, 0.2) is 0 Å².